The maximum atomic E-state index is 11.8. The van der Waals surface area contributed by atoms with Crippen LogP contribution in [0, 0.1) is 0 Å². The van der Waals surface area contributed by atoms with Gasteiger partial charge in [0.2, 0.25) is 0 Å². The SMILES string of the molecule is CCOC(=O)c1nc2c(Cl)ccc(Cl)c2c(Cl)c1Cl. The lowest BCUT2D eigenvalue weighted by Crippen LogP contribution is -2.08. The zero-order chi connectivity index (χ0) is 14.2. The normalized spacial score (nSPS) is 10.8. The van der Waals surface area contributed by atoms with Gasteiger partial charge in [0.15, 0.2) is 5.69 Å². The van der Waals surface area contributed by atoms with Gasteiger partial charge in [-0.1, -0.05) is 46.4 Å². The minimum Gasteiger partial charge on any atom is -0.461 e. The molecule has 2 aromatic rings. The first kappa shape index (κ1) is 14.7. The maximum absolute atomic E-state index is 11.8. The molecule has 0 amide bonds. The lowest BCUT2D eigenvalue weighted by molar-refractivity contribution is 0.0520. The monoisotopic (exact) mass is 337 g/mol. The highest BCUT2D eigenvalue weighted by atomic mass is 35.5. The predicted molar refractivity (Wildman–Crippen MR) is 77.7 cm³/mol. The fourth-order valence-corrected chi connectivity index (χ4v) is 2.56. The van der Waals surface area contributed by atoms with Gasteiger partial charge in [-0.15, -0.1) is 0 Å². The number of rotatable bonds is 2. The molecule has 1 aromatic heterocycles. The fraction of sp³-hybridized carbons (Fsp3) is 0.167. The molecule has 0 aliphatic rings. The number of fused-ring (bicyclic) bond motifs is 1. The van der Waals surface area contributed by atoms with Gasteiger partial charge in [-0.3, -0.25) is 0 Å². The van der Waals surface area contributed by atoms with Gasteiger partial charge in [-0.05, 0) is 19.1 Å². The van der Waals surface area contributed by atoms with Crippen molar-refractivity contribution in [1.29, 1.82) is 0 Å². The number of halogens is 4. The topological polar surface area (TPSA) is 39.2 Å². The predicted octanol–water partition coefficient (Wildman–Crippen LogP) is 5.03. The lowest BCUT2D eigenvalue weighted by Gasteiger charge is -2.10. The molecule has 7 heteroatoms. The van der Waals surface area contributed by atoms with Crippen LogP contribution in [0.5, 0.6) is 0 Å². The van der Waals surface area contributed by atoms with Gasteiger partial charge in [0, 0.05) is 5.39 Å². The van der Waals surface area contributed by atoms with E-state index in [0.29, 0.717) is 20.9 Å². The third-order valence-electron chi connectivity index (χ3n) is 2.39. The summed E-state index contributed by atoms with van der Waals surface area (Å²) in [5.74, 6) is -0.660. The quantitative estimate of drug-likeness (QED) is 0.721. The minimum absolute atomic E-state index is 0.00298. The molecule has 0 aliphatic heterocycles. The molecule has 3 nitrogen and oxygen atoms in total. The molecule has 19 heavy (non-hydrogen) atoms. The summed E-state index contributed by atoms with van der Waals surface area (Å²) >= 11 is 24.2. The second-order valence-corrected chi connectivity index (χ2v) is 5.13. The molecular weight excluding hydrogens is 332 g/mol. The third-order valence-corrected chi connectivity index (χ3v) is 3.85. The fourth-order valence-electron chi connectivity index (χ4n) is 1.57. The average molecular weight is 339 g/mol. The summed E-state index contributed by atoms with van der Waals surface area (Å²) < 4.78 is 4.86. The second kappa shape index (κ2) is 5.71. The Morgan fingerprint density at radius 2 is 1.79 bits per heavy atom. The van der Waals surface area contributed by atoms with E-state index in [1.165, 1.54) is 0 Å². The first-order valence-electron chi connectivity index (χ1n) is 5.27. The minimum atomic E-state index is -0.660. The van der Waals surface area contributed by atoms with Crippen molar-refractivity contribution in [3.63, 3.8) is 0 Å². The van der Waals surface area contributed by atoms with Gasteiger partial charge in [-0.2, -0.15) is 0 Å². The summed E-state index contributed by atoms with van der Waals surface area (Å²) in [7, 11) is 0. The van der Waals surface area contributed by atoms with Gasteiger partial charge < -0.3 is 4.74 Å². The van der Waals surface area contributed by atoms with E-state index in [1.807, 2.05) is 0 Å². The highest BCUT2D eigenvalue weighted by molar-refractivity contribution is 6.50. The summed E-state index contributed by atoms with van der Waals surface area (Å²) in [6.45, 7) is 1.88. The Morgan fingerprint density at radius 1 is 1.16 bits per heavy atom. The molecule has 0 spiro atoms. The van der Waals surface area contributed by atoms with Crippen molar-refractivity contribution in [3.05, 3.63) is 37.9 Å². The van der Waals surface area contributed by atoms with Crippen molar-refractivity contribution < 1.29 is 9.53 Å². The van der Waals surface area contributed by atoms with Crippen molar-refractivity contribution in [2.24, 2.45) is 0 Å². The van der Waals surface area contributed by atoms with E-state index in [4.69, 9.17) is 51.1 Å². The van der Waals surface area contributed by atoms with Crippen LogP contribution in [0.25, 0.3) is 10.9 Å². The highest BCUT2D eigenvalue weighted by Gasteiger charge is 2.21. The molecule has 0 fully saturated rings. The second-order valence-electron chi connectivity index (χ2n) is 3.56. The number of ether oxygens (including phenoxy) is 1. The average Bonchev–Trinajstić information content (AvgIpc) is 2.37. The summed E-state index contributed by atoms with van der Waals surface area (Å²) in [6.07, 6.45) is 0. The van der Waals surface area contributed by atoms with Crippen molar-refractivity contribution in [1.82, 2.24) is 4.98 Å². The summed E-state index contributed by atoms with van der Waals surface area (Å²) in [5.41, 5.74) is 0.233. The van der Waals surface area contributed by atoms with Gasteiger partial charge >= 0.3 is 5.97 Å². The Morgan fingerprint density at radius 3 is 2.42 bits per heavy atom. The van der Waals surface area contributed by atoms with E-state index in [0.717, 1.165) is 0 Å². The van der Waals surface area contributed by atoms with Crippen LogP contribution in [0.3, 0.4) is 0 Å². The Kier molecular flexibility index (Phi) is 4.41. The summed E-state index contributed by atoms with van der Waals surface area (Å²) in [4.78, 5) is 15.9. The number of hydrogen-bond donors (Lipinski definition) is 0. The lowest BCUT2D eigenvalue weighted by atomic mass is 10.2. The summed E-state index contributed by atoms with van der Waals surface area (Å²) in [6, 6.07) is 3.15. The molecule has 2 rings (SSSR count). The highest BCUT2D eigenvalue weighted by Crippen LogP contribution is 2.39. The molecule has 0 aliphatic carbocycles. The number of nitrogens with zero attached hydrogens (tertiary/aromatic N) is 1. The van der Waals surface area contributed by atoms with Crippen molar-refractivity contribution in [2.45, 2.75) is 6.92 Å². The number of carbonyl (C=O) groups is 1. The number of carbonyl (C=O) groups excluding carboxylic acids is 1. The van der Waals surface area contributed by atoms with E-state index in [-0.39, 0.29) is 22.3 Å². The third kappa shape index (κ3) is 2.61. The number of pyridine rings is 1. The van der Waals surface area contributed by atoms with Crippen LogP contribution in [-0.2, 0) is 4.74 Å². The van der Waals surface area contributed by atoms with Crippen LogP contribution in [0.1, 0.15) is 17.4 Å². The Hall–Kier alpha value is -0.740. The van der Waals surface area contributed by atoms with Gasteiger partial charge in [0.25, 0.3) is 0 Å². The van der Waals surface area contributed by atoms with Crippen molar-refractivity contribution in [2.75, 3.05) is 6.61 Å². The van der Waals surface area contributed by atoms with E-state index in [9.17, 15) is 4.79 Å². The van der Waals surface area contributed by atoms with E-state index < -0.39 is 5.97 Å². The van der Waals surface area contributed by atoms with Crippen LogP contribution >= 0.6 is 46.4 Å². The number of esters is 1. The number of aromatic nitrogens is 1. The largest absolute Gasteiger partial charge is 0.461 e. The van der Waals surface area contributed by atoms with Gasteiger partial charge in [-0.25, -0.2) is 9.78 Å². The molecule has 0 atom stereocenters. The van der Waals surface area contributed by atoms with E-state index in [2.05, 4.69) is 4.98 Å². The number of hydrogen-bond acceptors (Lipinski definition) is 3. The maximum Gasteiger partial charge on any atom is 0.358 e. The van der Waals surface area contributed by atoms with Gasteiger partial charge in [0.05, 0.1) is 32.2 Å². The number of benzene rings is 1. The molecule has 0 radical (unpaired) electrons. The van der Waals surface area contributed by atoms with Crippen LogP contribution in [0.4, 0.5) is 0 Å². The van der Waals surface area contributed by atoms with Crippen LogP contribution < -0.4 is 0 Å². The smallest absolute Gasteiger partial charge is 0.358 e. The van der Waals surface area contributed by atoms with Crippen LogP contribution in [0.2, 0.25) is 20.1 Å². The zero-order valence-corrected chi connectivity index (χ0v) is 12.7. The molecule has 0 saturated carbocycles. The molecule has 1 heterocycles. The molecule has 0 unspecified atom stereocenters. The van der Waals surface area contributed by atoms with Crippen LogP contribution in [0.15, 0.2) is 12.1 Å². The van der Waals surface area contributed by atoms with Crippen molar-refractivity contribution >= 4 is 63.3 Å². The molecule has 0 saturated heterocycles. The Balaban J connectivity index is 2.80. The summed E-state index contributed by atoms with van der Waals surface area (Å²) in [5, 5.41) is 1.21. The van der Waals surface area contributed by atoms with E-state index >= 15 is 0 Å². The molecule has 0 N–H and O–H groups in total. The Bertz CT molecular complexity index is 673. The molecule has 1 aromatic carbocycles. The Labute approximate surface area is 129 Å². The van der Waals surface area contributed by atoms with Crippen LogP contribution in [-0.4, -0.2) is 17.6 Å². The zero-order valence-electron chi connectivity index (χ0n) is 9.64. The molecule has 100 valence electrons. The first-order valence-corrected chi connectivity index (χ1v) is 6.78. The van der Waals surface area contributed by atoms with Gasteiger partial charge in [0.1, 0.15) is 0 Å². The molecule has 0 bridgehead atoms. The molecular formula is C12H7Cl4NO2. The van der Waals surface area contributed by atoms with Crippen molar-refractivity contribution in [3.8, 4) is 0 Å². The first-order chi connectivity index (χ1) is 8.97. The van der Waals surface area contributed by atoms with E-state index in [1.54, 1.807) is 19.1 Å². The standard InChI is InChI=1S/C12H7Cl4NO2/c1-2-19-12(18)11-9(16)8(15)7-5(13)3-4-6(14)10(7)17-11/h3-4H,2H2,1H3.